The maximum Gasteiger partial charge on any atom is 0.303 e. The Morgan fingerprint density at radius 1 is 1.48 bits per heavy atom. The van der Waals surface area contributed by atoms with Crippen molar-refractivity contribution in [3.63, 3.8) is 0 Å². The first-order valence-corrected chi connectivity index (χ1v) is 7.86. The highest BCUT2D eigenvalue weighted by Crippen LogP contribution is 2.26. The van der Waals surface area contributed by atoms with Gasteiger partial charge >= 0.3 is 5.97 Å². The predicted octanol–water partition coefficient (Wildman–Crippen LogP) is 3.22. The molecule has 1 aromatic rings. The third-order valence-corrected chi connectivity index (χ3v) is 4.19. The van der Waals surface area contributed by atoms with Crippen LogP contribution < -0.4 is 0 Å². The summed E-state index contributed by atoms with van der Waals surface area (Å²) in [6, 6.07) is 4.95. The van der Waals surface area contributed by atoms with Gasteiger partial charge in [0.2, 0.25) is 0 Å². The van der Waals surface area contributed by atoms with Crippen molar-refractivity contribution >= 4 is 21.9 Å². The van der Waals surface area contributed by atoms with Crippen molar-refractivity contribution in [1.29, 1.82) is 0 Å². The molecule has 6 heteroatoms. The number of carboxylic acid groups (broad SMARTS) is 1. The van der Waals surface area contributed by atoms with Gasteiger partial charge in [-0.1, -0.05) is 6.07 Å². The molecule has 0 bridgehead atoms. The van der Waals surface area contributed by atoms with E-state index in [1.165, 1.54) is 6.07 Å². The van der Waals surface area contributed by atoms with Gasteiger partial charge in [-0.3, -0.25) is 9.69 Å². The Morgan fingerprint density at radius 2 is 2.29 bits per heavy atom. The summed E-state index contributed by atoms with van der Waals surface area (Å²) >= 11 is 3.19. The quantitative estimate of drug-likeness (QED) is 0.792. The summed E-state index contributed by atoms with van der Waals surface area (Å²) in [4.78, 5) is 12.7. The van der Waals surface area contributed by atoms with Crippen molar-refractivity contribution in [1.82, 2.24) is 4.90 Å². The highest BCUT2D eigenvalue weighted by atomic mass is 79.9. The lowest BCUT2D eigenvalue weighted by atomic mass is 10.1. The van der Waals surface area contributed by atoms with E-state index in [0.29, 0.717) is 17.5 Å². The van der Waals surface area contributed by atoms with E-state index in [1.807, 2.05) is 0 Å². The number of unbranched alkanes of at least 4 members (excludes halogenated alkanes) is 1. The van der Waals surface area contributed by atoms with Gasteiger partial charge in [0, 0.05) is 19.5 Å². The number of hydrogen-bond acceptors (Lipinski definition) is 3. The number of hydrogen-bond donors (Lipinski definition) is 1. The maximum absolute atomic E-state index is 13.3. The number of nitrogens with zero attached hydrogens (tertiary/aromatic N) is 1. The molecule has 0 radical (unpaired) electrons. The summed E-state index contributed by atoms with van der Waals surface area (Å²) in [6.45, 7) is 3.12. The van der Waals surface area contributed by atoms with Crippen LogP contribution in [0.5, 0.6) is 0 Å². The molecule has 4 nitrogen and oxygen atoms in total. The van der Waals surface area contributed by atoms with Crippen LogP contribution >= 0.6 is 15.9 Å². The van der Waals surface area contributed by atoms with E-state index in [2.05, 4.69) is 20.8 Å². The second-order valence-electron chi connectivity index (χ2n) is 5.18. The SMILES string of the molecule is O=C(O)CCCCN1CCOC(c2ccc(F)c(Br)c2)C1. The first kappa shape index (κ1) is 16.4. The van der Waals surface area contributed by atoms with E-state index in [1.54, 1.807) is 12.1 Å². The first-order valence-electron chi connectivity index (χ1n) is 7.07. The normalized spacial score (nSPS) is 19.6. The molecule has 1 unspecified atom stereocenters. The maximum atomic E-state index is 13.3. The third kappa shape index (κ3) is 5.05. The molecule has 1 aliphatic rings. The van der Waals surface area contributed by atoms with Crippen molar-refractivity contribution in [2.45, 2.75) is 25.4 Å². The minimum absolute atomic E-state index is 0.0601. The molecule has 0 aromatic heterocycles. The smallest absolute Gasteiger partial charge is 0.303 e. The van der Waals surface area contributed by atoms with Crippen molar-refractivity contribution in [3.05, 3.63) is 34.1 Å². The number of benzene rings is 1. The van der Waals surface area contributed by atoms with E-state index in [9.17, 15) is 9.18 Å². The van der Waals surface area contributed by atoms with Crippen molar-refractivity contribution in [2.75, 3.05) is 26.2 Å². The van der Waals surface area contributed by atoms with Gasteiger partial charge in [-0.2, -0.15) is 0 Å². The Morgan fingerprint density at radius 3 is 3.00 bits per heavy atom. The Labute approximate surface area is 132 Å². The molecule has 21 heavy (non-hydrogen) atoms. The van der Waals surface area contributed by atoms with E-state index in [-0.39, 0.29) is 18.3 Å². The zero-order valence-electron chi connectivity index (χ0n) is 11.7. The summed E-state index contributed by atoms with van der Waals surface area (Å²) in [5.74, 6) is -1.02. The zero-order valence-corrected chi connectivity index (χ0v) is 13.3. The molecule has 116 valence electrons. The molecule has 0 saturated carbocycles. The van der Waals surface area contributed by atoms with Crippen LogP contribution in [-0.2, 0) is 9.53 Å². The van der Waals surface area contributed by atoms with Crippen molar-refractivity contribution in [2.24, 2.45) is 0 Å². The van der Waals surface area contributed by atoms with Crippen LogP contribution in [0, 0.1) is 5.82 Å². The number of halogens is 2. The molecule has 1 saturated heterocycles. The largest absolute Gasteiger partial charge is 0.481 e. The average molecular weight is 360 g/mol. The van der Waals surface area contributed by atoms with Crippen LogP contribution in [0.25, 0.3) is 0 Å². The molecule has 2 rings (SSSR count). The fourth-order valence-corrected chi connectivity index (χ4v) is 2.83. The molecule has 0 aliphatic carbocycles. The van der Waals surface area contributed by atoms with Gasteiger partial charge in [0.25, 0.3) is 0 Å². The molecule has 1 aromatic carbocycles. The fourth-order valence-electron chi connectivity index (χ4n) is 2.43. The Bertz CT molecular complexity index is 498. The van der Waals surface area contributed by atoms with Crippen molar-refractivity contribution in [3.8, 4) is 0 Å². The summed E-state index contributed by atoms with van der Waals surface area (Å²) in [6.07, 6.45) is 1.72. The van der Waals surface area contributed by atoms with Crippen LogP contribution in [0.4, 0.5) is 4.39 Å². The van der Waals surface area contributed by atoms with Crippen LogP contribution in [0.3, 0.4) is 0 Å². The van der Waals surface area contributed by atoms with Gasteiger partial charge in [0.15, 0.2) is 0 Å². The highest BCUT2D eigenvalue weighted by molar-refractivity contribution is 9.10. The summed E-state index contributed by atoms with van der Waals surface area (Å²) in [7, 11) is 0. The number of carbonyl (C=O) groups is 1. The van der Waals surface area contributed by atoms with E-state index in [0.717, 1.165) is 31.6 Å². The number of ether oxygens (including phenoxy) is 1. The van der Waals surface area contributed by atoms with Gasteiger partial charge in [-0.25, -0.2) is 4.39 Å². The predicted molar refractivity (Wildman–Crippen MR) is 80.7 cm³/mol. The standard InChI is InChI=1S/C15H19BrFNO3/c16-12-9-11(4-5-13(12)17)14-10-18(7-8-21-14)6-2-1-3-15(19)20/h4-5,9,14H,1-3,6-8,10H2,(H,19,20). The summed E-state index contributed by atoms with van der Waals surface area (Å²) < 4.78 is 19.5. The molecule has 0 amide bonds. The monoisotopic (exact) mass is 359 g/mol. The minimum atomic E-state index is -0.744. The van der Waals surface area contributed by atoms with Gasteiger partial charge in [-0.05, 0) is 53.0 Å². The van der Waals surface area contributed by atoms with Gasteiger partial charge in [-0.15, -0.1) is 0 Å². The van der Waals surface area contributed by atoms with E-state index < -0.39 is 5.97 Å². The Balaban J connectivity index is 1.85. The zero-order chi connectivity index (χ0) is 15.2. The Kier molecular flexibility index (Phi) is 6.14. The third-order valence-electron chi connectivity index (χ3n) is 3.58. The molecule has 1 heterocycles. The van der Waals surface area contributed by atoms with Crippen LogP contribution in [0.15, 0.2) is 22.7 Å². The highest BCUT2D eigenvalue weighted by Gasteiger charge is 2.22. The lowest BCUT2D eigenvalue weighted by Gasteiger charge is -2.33. The average Bonchev–Trinajstić information content (AvgIpc) is 2.47. The second kappa shape index (κ2) is 7.87. The molecular formula is C15H19BrFNO3. The van der Waals surface area contributed by atoms with Crippen LogP contribution in [0.1, 0.15) is 30.9 Å². The van der Waals surface area contributed by atoms with Gasteiger partial charge in [0.1, 0.15) is 5.82 Å². The van der Waals surface area contributed by atoms with E-state index >= 15 is 0 Å². The van der Waals surface area contributed by atoms with Gasteiger partial charge in [0.05, 0.1) is 17.2 Å². The molecule has 1 N–H and O–H groups in total. The molecule has 0 spiro atoms. The molecular weight excluding hydrogens is 341 g/mol. The topological polar surface area (TPSA) is 49.8 Å². The molecule has 1 atom stereocenters. The van der Waals surface area contributed by atoms with E-state index in [4.69, 9.17) is 9.84 Å². The van der Waals surface area contributed by atoms with Gasteiger partial charge < -0.3 is 9.84 Å². The lowest BCUT2D eigenvalue weighted by molar-refractivity contribution is -0.137. The van der Waals surface area contributed by atoms with Crippen molar-refractivity contribution < 1.29 is 19.0 Å². The number of rotatable bonds is 6. The second-order valence-corrected chi connectivity index (χ2v) is 6.04. The number of morpholine rings is 1. The number of aliphatic carboxylic acids is 1. The molecule has 1 aliphatic heterocycles. The first-order chi connectivity index (χ1) is 10.1. The summed E-state index contributed by atoms with van der Waals surface area (Å²) in [5, 5.41) is 8.62. The minimum Gasteiger partial charge on any atom is -0.481 e. The molecule has 1 fully saturated rings. The number of carboxylic acids is 1. The van der Waals surface area contributed by atoms with Crippen LogP contribution in [0.2, 0.25) is 0 Å². The lowest BCUT2D eigenvalue weighted by Crippen LogP contribution is -2.38. The fraction of sp³-hybridized carbons (Fsp3) is 0.533. The summed E-state index contributed by atoms with van der Waals surface area (Å²) in [5.41, 5.74) is 0.957. The van der Waals surface area contributed by atoms with Crippen LogP contribution in [-0.4, -0.2) is 42.2 Å². The Hall–Kier alpha value is -0.980.